The van der Waals surface area contributed by atoms with Crippen molar-refractivity contribution in [2.24, 2.45) is 0 Å². The first kappa shape index (κ1) is 8.83. The van der Waals surface area contributed by atoms with E-state index in [0.717, 1.165) is 26.1 Å². The summed E-state index contributed by atoms with van der Waals surface area (Å²) in [4.78, 5) is 0. The minimum Gasteiger partial charge on any atom is -0.341 e. The normalized spacial score (nSPS) is 49.5. The first-order valence-electron chi connectivity index (χ1n) is 3.59. The molecule has 0 radical (unpaired) electrons. The molecule has 0 saturated carbocycles. The molecule has 11 heavy (non-hydrogen) atoms. The molecular formula is C7H10I2O2. The molecule has 64 valence electrons. The van der Waals surface area contributed by atoms with Crippen LogP contribution < -0.4 is 0 Å². The Labute approximate surface area is 89.9 Å². The Kier molecular flexibility index (Phi) is 2.31. The third kappa shape index (κ3) is 1.13. The lowest BCUT2D eigenvalue weighted by Crippen LogP contribution is -2.36. The van der Waals surface area contributed by atoms with Crippen molar-refractivity contribution in [2.45, 2.75) is 20.1 Å². The van der Waals surface area contributed by atoms with Crippen molar-refractivity contribution in [2.75, 3.05) is 13.2 Å². The monoisotopic (exact) mass is 380 g/mol. The molecule has 2 aliphatic heterocycles. The van der Waals surface area contributed by atoms with E-state index >= 15 is 0 Å². The van der Waals surface area contributed by atoms with Gasteiger partial charge in [-0.05, 0) is 35.4 Å². The molecule has 0 aromatic rings. The van der Waals surface area contributed by atoms with Crippen molar-refractivity contribution in [1.29, 1.82) is 0 Å². The van der Waals surface area contributed by atoms with Crippen LogP contribution in [0.25, 0.3) is 0 Å². The highest BCUT2D eigenvalue weighted by Gasteiger charge is 2.58. The summed E-state index contributed by atoms with van der Waals surface area (Å²) in [7, 11) is 0. The summed E-state index contributed by atoms with van der Waals surface area (Å²) in [6.45, 7) is 1.72. The molecule has 0 aliphatic carbocycles. The predicted molar refractivity (Wildman–Crippen MR) is 61.8 cm³/mol. The van der Waals surface area contributed by atoms with E-state index in [1.807, 2.05) is 0 Å². The number of fused-ring (bicyclic) bond motifs is 1. The van der Waals surface area contributed by atoms with Gasteiger partial charge in [0, 0.05) is 0 Å². The van der Waals surface area contributed by atoms with E-state index in [0.29, 0.717) is 3.42 Å². The summed E-state index contributed by atoms with van der Waals surface area (Å²) in [5.41, 5.74) is 0. The van der Waals surface area contributed by atoms with Gasteiger partial charge in [-0.1, -0.05) is 4.51 Å². The highest BCUT2D eigenvalue weighted by atomic mass is 127. The van der Waals surface area contributed by atoms with E-state index in [1.165, 1.54) is 0 Å². The number of hydrogen-bond acceptors (Lipinski definition) is 2. The van der Waals surface area contributed by atoms with E-state index < -0.39 is 0 Å². The molecule has 0 amide bonds. The second-order valence-electron chi connectivity index (χ2n) is 2.83. The Hall–Kier alpha value is 1.25. The summed E-state index contributed by atoms with van der Waals surface area (Å²) >= 11 is 2.30. The summed E-state index contributed by atoms with van der Waals surface area (Å²) in [6, 6.07) is 0. The first-order valence-corrected chi connectivity index (χ1v) is 7.27. The average Bonchev–Trinajstić information content (AvgIpc) is 2.41. The lowest BCUT2D eigenvalue weighted by Gasteiger charge is -2.28. The molecule has 2 fully saturated rings. The Morgan fingerprint density at radius 1 is 1.27 bits per heavy atom. The molecular weight excluding hydrogens is 370 g/mol. The summed E-state index contributed by atoms with van der Waals surface area (Å²) in [5.74, 6) is 0. The number of halogens is 2. The van der Waals surface area contributed by atoms with Gasteiger partial charge in [-0.2, -0.15) is 0 Å². The smallest absolute Gasteiger partial charge is 0.236 e. The lowest BCUT2D eigenvalue weighted by atomic mass is 10.1. The molecule has 0 unspecified atom stereocenters. The summed E-state index contributed by atoms with van der Waals surface area (Å²) in [6.07, 6.45) is 2.32. The maximum atomic E-state index is 5.61. The molecule has 0 N–H and O–H groups in total. The van der Waals surface area contributed by atoms with Crippen molar-refractivity contribution >= 4 is 47.8 Å². The van der Waals surface area contributed by atoms with E-state index in [1.54, 1.807) is 0 Å². The maximum absolute atomic E-state index is 5.61. The van der Waals surface area contributed by atoms with Crippen LogP contribution in [0.15, 0.2) is 0 Å². The van der Waals surface area contributed by atoms with Crippen LogP contribution in [0.2, 0.25) is 0 Å². The van der Waals surface area contributed by atoms with Crippen LogP contribution in [0.4, 0.5) is 0 Å². The molecule has 2 heterocycles. The standard InChI is InChI=1S/C7H10I2O2/c1-9-6-2-4-10-7(6,8)11-5-3-6/h1-5H2. The molecule has 0 atom stereocenters. The molecule has 0 aromatic heterocycles. The fourth-order valence-corrected chi connectivity index (χ4v) is 5.54. The van der Waals surface area contributed by atoms with Crippen molar-refractivity contribution in [1.82, 2.24) is 0 Å². The zero-order valence-electron chi connectivity index (χ0n) is 6.11. The maximum Gasteiger partial charge on any atom is 0.236 e. The average molecular weight is 380 g/mol. The minimum atomic E-state index is -0.292. The Morgan fingerprint density at radius 3 is 2.18 bits per heavy atom. The third-order valence-corrected chi connectivity index (χ3v) is 8.30. The van der Waals surface area contributed by atoms with Gasteiger partial charge in [-0.3, -0.25) is 0 Å². The van der Waals surface area contributed by atoms with Crippen LogP contribution in [-0.4, -0.2) is 24.9 Å². The molecule has 2 rings (SSSR count). The van der Waals surface area contributed by atoms with Crippen LogP contribution in [-0.2, 0) is 9.47 Å². The van der Waals surface area contributed by atoms with Gasteiger partial charge in [0.1, 0.15) is 0 Å². The minimum absolute atomic E-state index is 0.0176. The van der Waals surface area contributed by atoms with E-state index in [9.17, 15) is 0 Å². The van der Waals surface area contributed by atoms with Crippen molar-refractivity contribution in [3.05, 3.63) is 0 Å². The summed E-state index contributed by atoms with van der Waals surface area (Å²) in [5, 5.41) is 0. The quantitative estimate of drug-likeness (QED) is 0.513. The van der Waals surface area contributed by atoms with Crippen molar-refractivity contribution < 1.29 is 9.47 Å². The molecule has 0 bridgehead atoms. The van der Waals surface area contributed by atoms with Gasteiger partial charge < -0.3 is 9.47 Å². The number of hydrogen-bond donors (Lipinski definition) is 0. The molecule has 2 aliphatic rings. The number of rotatable bonds is 1. The zero-order valence-corrected chi connectivity index (χ0v) is 10.4. The van der Waals surface area contributed by atoms with Crippen molar-refractivity contribution in [3.63, 3.8) is 0 Å². The number of ether oxygens (including phenoxy) is 2. The van der Waals surface area contributed by atoms with Gasteiger partial charge >= 0.3 is 0 Å². The fraction of sp³-hybridized carbons (Fsp3) is 0.857. The Balaban J connectivity index is 2.35. The molecule has 4 heteroatoms. The first-order chi connectivity index (χ1) is 5.22. The van der Waals surface area contributed by atoms with Crippen LogP contribution in [0, 0.1) is 0 Å². The third-order valence-electron chi connectivity index (χ3n) is 2.36. The highest BCUT2D eigenvalue weighted by Crippen LogP contribution is 2.56. The zero-order chi connectivity index (χ0) is 7.95. The SMILES string of the molecule is C=IC12CCOC1(I)OCC2. The molecule has 2 saturated heterocycles. The van der Waals surface area contributed by atoms with Gasteiger partial charge in [-0.25, -0.2) is 0 Å². The number of alkyl halides is 2. The van der Waals surface area contributed by atoms with Crippen molar-refractivity contribution in [3.8, 4) is 0 Å². The van der Waals surface area contributed by atoms with Gasteiger partial charge in [0.25, 0.3) is 0 Å². The lowest BCUT2D eigenvalue weighted by molar-refractivity contribution is -0.0998. The molecule has 2 nitrogen and oxygen atoms in total. The predicted octanol–water partition coefficient (Wildman–Crippen LogP) is 2.06. The van der Waals surface area contributed by atoms with Gasteiger partial charge in [-0.15, -0.1) is 20.7 Å². The summed E-state index contributed by atoms with van der Waals surface area (Å²) < 4.78 is 15.3. The molecule has 0 spiro atoms. The fourth-order valence-electron chi connectivity index (χ4n) is 1.63. The second kappa shape index (κ2) is 2.88. The van der Waals surface area contributed by atoms with E-state index in [4.69, 9.17) is 9.47 Å². The van der Waals surface area contributed by atoms with E-state index in [2.05, 4.69) is 27.1 Å². The van der Waals surface area contributed by atoms with Crippen LogP contribution in [0.5, 0.6) is 0 Å². The van der Waals surface area contributed by atoms with Gasteiger partial charge in [0.05, 0.1) is 16.6 Å². The topological polar surface area (TPSA) is 18.5 Å². The van der Waals surface area contributed by atoms with E-state index in [-0.39, 0.29) is 24.5 Å². The van der Waals surface area contributed by atoms with Gasteiger partial charge in [0.15, 0.2) is 0 Å². The second-order valence-corrected chi connectivity index (χ2v) is 7.08. The van der Waals surface area contributed by atoms with Gasteiger partial charge in [0.2, 0.25) is 3.79 Å². The molecule has 0 aromatic carbocycles. The van der Waals surface area contributed by atoms with Crippen LogP contribution in [0.3, 0.4) is 0 Å². The van der Waals surface area contributed by atoms with Crippen LogP contribution >= 0.6 is 43.3 Å². The van der Waals surface area contributed by atoms with Crippen LogP contribution in [0.1, 0.15) is 12.8 Å². The Morgan fingerprint density at radius 2 is 1.82 bits per heavy atom. The highest BCUT2D eigenvalue weighted by molar-refractivity contribution is 14.2. The Bertz CT molecular complexity index is 183. The largest absolute Gasteiger partial charge is 0.341 e.